The molecule has 0 N–H and O–H groups in total. The molecule has 0 atom stereocenters. The van der Waals surface area contributed by atoms with Crippen molar-refractivity contribution in [1.29, 1.82) is 0 Å². The van der Waals surface area contributed by atoms with E-state index in [1.54, 1.807) is 36.4 Å². The molecule has 4 aromatic rings. The third kappa shape index (κ3) is 2.98. The van der Waals surface area contributed by atoms with Gasteiger partial charge in [0.25, 0.3) is 11.4 Å². The van der Waals surface area contributed by atoms with Crippen LogP contribution in [-0.2, 0) is 0 Å². The fraction of sp³-hybridized carbons (Fsp3) is 0.0833. The molecule has 0 bridgehead atoms. The Labute approximate surface area is 176 Å². The minimum atomic E-state index is -0.412. The highest BCUT2D eigenvalue weighted by molar-refractivity contribution is 6.12. The smallest absolute Gasteiger partial charge is 0.277 e. The van der Waals surface area contributed by atoms with Crippen molar-refractivity contribution in [1.82, 2.24) is 0 Å². The number of fused-ring (bicyclic) bond motifs is 3. The second kappa shape index (κ2) is 7.21. The summed E-state index contributed by atoms with van der Waals surface area (Å²) in [5.41, 5.74) is 3.51. The number of nitro benzene ring substituents is 1. The van der Waals surface area contributed by atoms with E-state index in [-0.39, 0.29) is 16.3 Å². The van der Waals surface area contributed by atoms with Gasteiger partial charge in [0.2, 0.25) is 0 Å². The maximum Gasteiger partial charge on any atom is 0.277 e. The standard InChI is InChI=1S/C24H16N2O5/c27-25(28)21-13-3-1-7-15(21)17-9-5-11-19-20-12-6-10-18(24(20)31-23(17)19)16-8-2-4-14-22(16)26(29)30/h1,3-7,9-14H,2,8H2. The zero-order chi connectivity index (χ0) is 21.5. The number of furan rings is 1. The summed E-state index contributed by atoms with van der Waals surface area (Å²) in [6.07, 6.45) is 4.59. The molecule has 7 heteroatoms. The van der Waals surface area contributed by atoms with Crippen molar-refractivity contribution >= 4 is 33.2 Å². The first kappa shape index (κ1) is 18.7. The van der Waals surface area contributed by atoms with Gasteiger partial charge in [-0.2, -0.15) is 0 Å². The van der Waals surface area contributed by atoms with Crippen molar-refractivity contribution in [3.05, 3.63) is 104 Å². The average molecular weight is 412 g/mol. The van der Waals surface area contributed by atoms with Crippen LogP contribution in [0.2, 0.25) is 0 Å². The zero-order valence-corrected chi connectivity index (χ0v) is 16.3. The SMILES string of the molecule is O=[N+]([O-])C1=C(c2cccc3c2oc2c(-c4ccccc4[N+](=O)[O-])cccc23)CCC=C1. The van der Waals surface area contributed by atoms with E-state index in [9.17, 15) is 20.2 Å². The van der Waals surface area contributed by atoms with E-state index in [1.165, 1.54) is 6.07 Å². The minimum Gasteiger partial charge on any atom is -0.455 e. The molecule has 0 spiro atoms. The molecule has 1 heterocycles. The molecule has 1 aliphatic carbocycles. The Morgan fingerprint density at radius 1 is 0.742 bits per heavy atom. The second-order valence-electron chi connectivity index (χ2n) is 7.30. The van der Waals surface area contributed by atoms with Gasteiger partial charge in [0, 0.05) is 39.6 Å². The van der Waals surface area contributed by atoms with Gasteiger partial charge in [0.15, 0.2) is 0 Å². The molecular weight excluding hydrogens is 396 g/mol. The third-order valence-electron chi connectivity index (χ3n) is 5.58. The third-order valence-corrected chi connectivity index (χ3v) is 5.58. The van der Waals surface area contributed by atoms with Crippen molar-refractivity contribution in [2.75, 3.05) is 0 Å². The number of allylic oxidation sites excluding steroid dienone is 3. The summed E-state index contributed by atoms with van der Waals surface area (Å²) in [4.78, 5) is 22.4. The first-order chi connectivity index (χ1) is 15.1. The summed E-state index contributed by atoms with van der Waals surface area (Å²) in [7, 11) is 0. The van der Waals surface area contributed by atoms with Crippen molar-refractivity contribution in [2.45, 2.75) is 12.8 Å². The average Bonchev–Trinajstić information content (AvgIpc) is 3.18. The predicted octanol–water partition coefficient (Wildman–Crippen LogP) is 6.50. The highest BCUT2D eigenvalue weighted by Gasteiger charge is 2.25. The Morgan fingerprint density at radius 3 is 2.10 bits per heavy atom. The van der Waals surface area contributed by atoms with Crippen molar-refractivity contribution < 1.29 is 14.3 Å². The fourth-order valence-electron chi connectivity index (χ4n) is 4.23. The zero-order valence-electron chi connectivity index (χ0n) is 16.3. The fourth-order valence-corrected chi connectivity index (χ4v) is 4.23. The topological polar surface area (TPSA) is 99.4 Å². The molecule has 0 saturated heterocycles. The summed E-state index contributed by atoms with van der Waals surface area (Å²) >= 11 is 0. The highest BCUT2D eigenvalue weighted by atomic mass is 16.6. The Kier molecular flexibility index (Phi) is 4.36. The number of hydrogen-bond acceptors (Lipinski definition) is 5. The van der Waals surface area contributed by atoms with Crippen LogP contribution in [0, 0.1) is 20.2 Å². The number of nitro groups is 2. The maximum absolute atomic E-state index is 11.6. The van der Waals surface area contributed by atoms with E-state index in [1.807, 2.05) is 30.3 Å². The molecule has 0 unspecified atom stereocenters. The quantitative estimate of drug-likeness (QED) is 0.281. The van der Waals surface area contributed by atoms with Gasteiger partial charge in [0.1, 0.15) is 11.2 Å². The van der Waals surface area contributed by atoms with Crippen LogP contribution in [-0.4, -0.2) is 9.85 Å². The van der Waals surface area contributed by atoms with Gasteiger partial charge in [-0.3, -0.25) is 20.2 Å². The van der Waals surface area contributed by atoms with Crippen molar-refractivity contribution in [2.24, 2.45) is 0 Å². The molecule has 7 nitrogen and oxygen atoms in total. The molecule has 152 valence electrons. The van der Waals surface area contributed by atoms with Crippen molar-refractivity contribution in [3.8, 4) is 11.1 Å². The minimum absolute atomic E-state index is 0.00792. The summed E-state index contributed by atoms with van der Waals surface area (Å²) in [6, 6.07) is 17.6. The molecule has 0 aliphatic heterocycles. The van der Waals surface area contributed by atoms with Gasteiger partial charge >= 0.3 is 0 Å². The van der Waals surface area contributed by atoms with Gasteiger partial charge in [0.05, 0.1) is 15.4 Å². The van der Waals surface area contributed by atoms with Crippen LogP contribution >= 0.6 is 0 Å². The highest BCUT2D eigenvalue weighted by Crippen LogP contribution is 2.42. The van der Waals surface area contributed by atoms with E-state index in [4.69, 9.17) is 4.42 Å². The number of para-hydroxylation sites is 3. The van der Waals surface area contributed by atoms with Gasteiger partial charge in [-0.05, 0) is 18.9 Å². The number of nitrogens with zero attached hydrogens (tertiary/aromatic N) is 2. The largest absolute Gasteiger partial charge is 0.455 e. The lowest BCUT2D eigenvalue weighted by atomic mass is 9.93. The normalized spacial score (nSPS) is 13.8. The van der Waals surface area contributed by atoms with Crippen LogP contribution in [0.25, 0.3) is 38.6 Å². The molecule has 1 aromatic heterocycles. The summed E-state index contributed by atoms with van der Waals surface area (Å²) in [5.74, 6) is 0. The molecule has 5 rings (SSSR count). The summed E-state index contributed by atoms with van der Waals surface area (Å²) in [6.45, 7) is 0. The Balaban J connectivity index is 1.83. The van der Waals surface area contributed by atoms with Crippen LogP contribution in [0.15, 0.2) is 82.9 Å². The van der Waals surface area contributed by atoms with Crippen LogP contribution in [0.4, 0.5) is 5.69 Å². The van der Waals surface area contributed by atoms with Crippen LogP contribution in [0.3, 0.4) is 0 Å². The van der Waals surface area contributed by atoms with Crippen molar-refractivity contribution in [3.63, 3.8) is 0 Å². The lowest BCUT2D eigenvalue weighted by Gasteiger charge is -2.10. The number of hydrogen-bond donors (Lipinski definition) is 0. The van der Waals surface area contributed by atoms with Crippen LogP contribution in [0.1, 0.15) is 18.4 Å². The molecule has 31 heavy (non-hydrogen) atoms. The van der Waals surface area contributed by atoms with E-state index < -0.39 is 4.92 Å². The van der Waals surface area contributed by atoms with E-state index in [0.29, 0.717) is 46.3 Å². The van der Waals surface area contributed by atoms with Crippen LogP contribution < -0.4 is 0 Å². The first-order valence-corrected chi connectivity index (χ1v) is 9.78. The van der Waals surface area contributed by atoms with Gasteiger partial charge in [-0.25, -0.2) is 0 Å². The monoisotopic (exact) mass is 412 g/mol. The number of benzene rings is 3. The lowest BCUT2D eigenvalue weighted by molar-refractivity contribution is -0.418. The molecule has 1 aliphatic rings. The van der Waals surface area contributed by atoms with Gasteiger partial charge in [-0.1, -0.05) is 54.6 Å². The van der Waals surface area contributed by atoms with E-state index >= 15 is 0 Å². The molecular formula is C24H16N2O5. The van der Waals surface area contributed by atoms with Crippen LogP contribution in [0.5, 0.6) is 0 Å². The van der Waals surface area contributed by atoms with E-state index in [0.717, 1.165) is 10.8 Å². The molecule has 0 fully saturated rings. The lowest BCUT2D eigenvalue weighted by Crippen LogP contribution is -2.04. The Hall–Kier alpha value is -4.26. The Bertz CT molecular complexity index is 1450. The summed E-state index contributed by atoms with van der Waals surface area (Å²) < 4.78 is 6.28. The Morgan fingerprint density at radius 2 is 1.39 bits per heavy atom. The first-order valence-electron chi connectivity index (χ1n) is 9.78. The molecule has 0 amide bonds. The maximum atomic E-state index is 11.6. The molecule has 0 saturated carbocycles. The van der Waals surface area contributed by atoms with Gasteiger partial charge in [-0.15, -0.1) is 0 Å². The second-order valence-corrected chi connectivity index (χ2v) is 7.30. The van der Waals surface area contributed by atoms with Gasteiger partial charge < -0.3 is 4.42 Å². The molecule has 3 aromatic carbocycles. The summed E-state index contributed by atoms with van der Waals surface area (Å²) in [5, 5.41) is 24.8. The predicted molar refractivity (Wildman–Crippen MR) is 118 cm³/mol. The molecule has 0 radical (unpaired) electrons. The number of rotatable bonds is 4. The van der Waals surface area contributed by atoms with E-state index in [2.05, 4.69) is 0 Å².